The summed E-state index contributed by atoms with van der Waals surface area (Å²) < 4.78 is 11.8. The fourth-order valence-corrected chi connectivity index (χ4v) is 5.07. The molecule has 8 nitrogen and oxygen atoms in total. The molecule has 2 amide bonds. The van der Waals surface area contributed by atoms with Crippen LogP contribution in [-0.2, 0) is 18.8 Å². The number of carbonyl (C=O) groups is 3. The van der Waals surface area contributed by atoms with Crippen molar-refractivity contribution in [3.8, 4) is 0 Å². The van der Waals surface area contributed by atoms with Gasteiger partial charge in [0.15, 0.2) is 8.32 Å². The molecule has 0 spiro atoms. The number of aliphatic carboxylic acids is 1. The van der Waals surface area contributed by atoms with Crippen molar-refractivity contribution in [2.24, 2.45) is 0 Å². The quantitative estimate of drug-likeness (QED) is 0.670. The highest BCUT2D eigenvalue weighted by molar-refractivity contribution is 6.74. The van der Waals surface area contributed by atoms with E-state index >= 15 is 0 Å². The molecule has 2 aliphatic heterocycles. The smallest absolute Gasteiger partial charge is 0.410 e. The first kappa shape index (κ1) is 24.7. The Morgan fingerprint density at radius 2 is 1.60 bits per heavy atom. The number of hydrogen-bond acceptors (Lipinski definition) is 5. The number of carbonyl (C=O) groups excluding carboxylic acids is 2. The number of likely N-dealkylation sites (tertiary alicyclic amines) is 2. The van der Waals surface area contributed by atoms with Crippen LogP contribution in [0.1, 0.15) is 60.8 Å². The lowest BCUT2D eigenvalue weighted by Crippen LogP contribution is -2.52. The van der Waals surface area contributed by atoms with Gasteiger partial charge in [-0.05, 0) is 51.7 Å². The van der Waals surface area contributed by atoms with Crippen molar-refractivity contribution in [3.63, 3.8) is 0 Å². The summed E-state index contributed by atoms with van der Waals surface area (Å²) in [7, 11) is -2.10. The monoisotopic (exact) mass is 442 g/mol. The standard InChI is InChI=1S/C21H38N2O6Si/c1-20(2,3)28-19(27)22-11-9-10-15(22)17(24)23-13-14(12-16(23)18(25)26)29-30(7,8)21(4,5)6/h14-16H,9-13H2,1-8H3,(H,25,26)/t14-,15-,16+/m1/s1. The van der Waals surface area contributed by atoms with Crippen LogP contribution in [0.15, 0.2) is 0 Å². The molecule has 172 valence electrons. The van der Waals surface area contributed by atoms with Gasteiger partial charge in [-0.2, -0.15) is 0 Å². The van der Waals surface area contributed by atoms with Crippen LogP contribution in [0.3, 0.4) is 0 Å². The lowest BCUT2D eigenvalue weighted by molar-refractivity contribution is -0.149. The van der Waals surface area contributed by atoms with Gasteiger partial charge in [0, 0.05) is 19.5 Å². The van der Waals surface area contributed by atoms with Gasteiger partial charge in [-0.1, -0.05) is 20.8 Å². The van der Waals surface area contributed by atoms with Crippen molar-refractivity contribution in [3.05, 3.63) is 0 Å². The van der Waals surface area contributed by atoms with Gasteiger partial charge in [-0.15, -0.1) is 0 Å². The lowest BCUT2D eigenvalue weighted by Gasteiger charge is -2.38. The third-order valence-electron chi connectivity index (χ3n) is 6.26. The molecule has 0 aliphatic carbocycles. The lowest BCUT2D eigenvalue weighted by atomic mass is 10.1. The van der Waals surface area contributed by atoms with Gasteiger partial charge in [0.05, 0.1) is 6.10 Å². The topological polar surface area (TPSA) is 96.4 Å². The number of nitrogens with zero attached hydrogens (tertiary/aromatic N) is 2. The number of ether oxygens (including phenoxy) is 1. The minimum atomic E-state index is -2.10. The molecule has 0 saturated carbocycles. The summed E-state index contributed by atoms with van der Waals surface area (Å²) in [4.78, 5) is 40.6. The largest absolute Gasteiger partial charge is 0.480 e. The molecule has 0 aromatic rings. The predicted molar refractivity (Wildman–Crippen MR) is 116 cm³/mol. The summed E-state index contributed by atoms with van der Waals surface area (Å²) in [6, 6.07) is -1.62. The van der Waals surface area contributed by atoms with Crippen LogP contribution in [0.4, 0.5) is 4.79 Å². The van der Waals surface area contributed by atoms with Gasteiger partial charge in [-0.25, -0.2) is 9.59 Å². The normalized spacial score (nSPS) is 25.5. The third-order valence-corrected chi connectivity index (χ3v) is 10.8. The molecular weight excluding hydrogens is 404 g/mol. The summed E-state index contributed by atoms with van der Waals surface area (Å²) in [5, 5.41) is 9.72. The maximum atomic E-state index is 13.3. The first-order valence-corrected chi connectivity index (χ1v) is 13.6. The summed E-state index contributed by atoms with van der Waals surface area (Å²) in [5.74, 6) is -1.36. The molecule has 0 aromatic carbocycles. The SMILES string of the molecule is CC(C)(C)OC(=O)N1CCC[C@@H]1C(=O)N1C[C@H](O[Si](C)(C)C(C)(C)C)C[C@H]1C(=O)O. The molecule has 2 aliphatic rings. The fourth-order valence-electron chi connectivity index (χ4n) is 3.71. The summed E-state index contributed by atoms with van der Waals surface area (Å²) >= 11 is 0. The Hall–Kier alpha value is -1.61. The molecule has 1 N–H and O–H groups in total. The second-order valence-electron chi connectivity index (χ2n) is 10.9. The zero-order valence-corrected chi connectivity index (χ0v) is 20.7. The van der Waals surface area contributed by atoms with Gasteiger partial charge < -0.3 is 19.2 Å². The first-order valence-electron chi connectivity index (χ1n) is 10.7. The average molecular weight is 443 g/mol. The zero-order chi connectivity index (χ0) is 23.1. The molecule has 3 atom stereocenters. The Kier molecular flexibility index (Phi) is 6.98. The van der Waals surface area contributed by atoms with E-state index in [9.17, 15) is 19.5 Å². The van der Waals surface area contributed by atoms with Crippen molar-refractivity contribution >= 4 is 26.3 Å². The molecule has 0 bridgehead atoms. The molecule has 2 fully saturated rings. The maximum absolute atomic E-state index is 13.3. The second kappa shape index (κ2) is 8.49. The summed E-state index contributed by atoms with van der Waals surface area (Å²) in [6.07, 6.45) is 0.623. The van der Waals surface area contributed by atoms with E-state index < -0.39 is 38.1 Å². The van der Waals surface area contributed by atoms with Gasteiger partial charge in [-0.3, -0.25) is 9.69 Å². The zero-order valence-electron chi connectivity index (χ0n) is 19.7. The Morgan fingerprint density at radius 1 is 1.00 bits per heavy atom. The highest BCUT2D eigenvalue weighted by Gasteiger charge is 2.48. The van der Waals surface area contributed by atoms with E-state index in [1.54, 1.807) is 20.8 Å². The van der Waals surface area contributed by atoms with Crippen LogP contribution in [0.2, 0.25) is 18.1 Å². The molecule has 2 saturated heterocycles. The van der Waals surface area contributed by atoms with E-state index in [4.69, 9.17) is 9.16 Å². The maximum Gasteiger partial charge on any atom is 0.410 e. The number of hydrogen-bond donors (Lipinski definition) is 1. The van der Waals surface area contributed by atoms with E-state index in [1.807, 2.05) is 0 Å². The second-order valence-corrected chi connectivity index (χ2v) is 15.7. The molecule has 30 heavy (non-hydrogen) atoms. The minimum absolute atomic E-state index is 0.0118. The van der Waals surface area contributed by atoms with E-state index in [0.717, 1.165) is 0 Å². The highest BCUT2D eigenvalue weighted by atomic mass is 28.4. The fraction of sp³-hybridized carbons (Fsp3) is 0.857. The molecular formula is C21H38N2O6Si. The Labute approximate surface area is 181 Å². The van der Waals surface area contributed by atoms with Crippen LogP contribution in [0, 0.1) is 0 Å². The third kappa shape index (κ3) is 5.54. The highest BCUT2D eigenvalue weighted by Crippen LogP contribution is 2.39. The number of amides is 2. The molecule has 2 heterocycles. The Balaban J connectivity index is 2.16. The van der Waals surface area contributed by atoms with Crippen LogP contribution in [-0.4, -0.2) is 78.1 Å². The van der Waals surface area contributed by atoms with Gasteiger partial charge in [0.1, 0.15) is 17.7 Å². The molecule has 9 heteroatoms. The first-order chi connectivity index (χ1) is 13.5. The molecule has 0 aromatic heterocycles. The van der Waals surface area contributed by atoms with Crippen LogP contribution in [0.25, 0.3) is 0 Å². The van der Waals surface area contributed by atoms with Crippen molar-refractivity contribution in [2.45, 2.75) is 103 Å². The van der Waals surface area contributed by atoms with Crippen molar-refractivity contribution in [2.75, 3.05) is 13.1 Å². The van der Waals surface area contributed by atoms with E-state index in [1.165, 1.54) is 9.80 Å². The molecule has 0 unspecified atom stereocenters. The van der Waals surface area contributed by atoms with E-state index in [0.29, 0.717) is 19.4 Å². The van der Waals surface area contributed by atoms with Crippen LogP contribution in [0.5, 0.6) is 0 Å². The van der Waals surface area contributed by atoms with E-state index in [-0.39, 0.29) is 30.0 Å². The molecule has 0 radical (unpaired) electrons. The number of rotatable bonds is 4. The van der Waals surface area contributed by atoms with Crippen molar-refractivity contribution in [1.82, 2.24) is 9.80 Å². The predicted octanol–water partition coefficient (Wildman–Crippen LogP) is 3.46. The summed E-state index contributed by atoms with van der Waals surface area (Å²) in [6.45, 7) is 16.6. The van der Waals surface area contributed by atoms with Crippen LogP contribution < -0.4 is 0 Å². The van der Waals surface area contributed by atoms with Crippen LogP contribution >= 0.6 is 0 Å². The minimum Gasteiger partial charge on any atom is -0.480 e. The van der Waals surface area contributed by atoms with Crippen molar-refractivity contribution in [1.29, 1.82) is 0 Å². The van der Waals surface area contributed by atoms with Gasteiger partial charge >= 0.3 is 12.1 Å². The number of carboxylic acid groups (broad SMARTS) is 1. The summed E-state index contributed by atoms with van der Waals surface area (Å²) in [5.41, 5.74) is -0.660. The molecule has 2 rings (SSSR count). The Bertz CT molecular complexity index is 682. The van der Waals surface area contributed by atoms with Gasteiger partial charge in [0.2, 0.25) is 5.91 Å². The van der Waals surface area contributed by atoms with Gasteiger partial charge in [0.25, 0.3) is 0 Å². The van der Waals surface area contributed by atoms with Crippen molar-refractivity contribution < 1.29 is 28.7 Å². The number of carboxylic acids is 1. The van der Waals surface area contributed by atoms with E-state index in [2.05, 4.69) is 33.9 Å². The Morgan fingerprint density at radius 3 is 2.10 bits per heavy atom. The average Bonchev–Trinajstić information content (AvgIpc) is 3.17.